The van der Waals surface area contributed by atoms with Crippen LogP contribution in [0.5, 0.6) is 0 Å². The fourth-order valence-electron chi connectivity index (χ4n) is 11.9. The third-order valence-electron chi connectivity index (χ3n) is 17.9. The van der Waals surface area contributed by atoms with Gasteiger partial charge >= 0.3 is 17.9 Å². The second kappa shape index (κ2) is 74.5. The smallest absolute Gasteiger partial charge is 0.361 e. The van der Waals surface area contributed by atoms with Crippen LogP contribution < -0.4 is 0 Å². The van der Waals surface area contributed by atoms with Gasteiger partial charge in [0.15, 0.2) is 6.10 Å². The van der Waals surface area contributed by atoms with Crippen LogP contribution >= 0.6 is 0 Å². The number of carboxylic acids is 1. The first-order chi connectivity index (χ1) is 45.6. The molecule has 0 aliphatic carbocycles. The largest absolute Gasteiger partial charge is 0.477 e. The maximum absolute atomic E-state index is 13.0. The second-order valence-corrected chi connectivity index (χ2v) is 28.3. The number of allylic oxidation sites excluding steroid dienone is 12. The summed E-state index contributed by atoms with van der Waals surface area (Å²) in [5, 5.41) is 9.77. The highest BCUT2D eigenvalue weighted by Gasteiger charge is 2.25. The van der Waals surface area contributed by atoms with Gasteiger partial charge in [0.1, 0.15) is 13.2 Å². The molecule has 9 nitrogen and oxygen atoms in total. The van der Waals surface area contributed by atoms with E-state index in [1.807, 2.05) is 21.1 Å². The lowest BCUT2D eigenvalue weighted by molar-refractivity contribution is -0.870. The summed E-state index contributed by atoms with van der Waals surface area (Å²) in [6.45, 7) is 4.81. The van der Waals surface area contributed by atoms with E-state index in [-0.39, 0.29) is 38.2 Å². The van der Waals surface area contributed by atoms with Gasteiger partial charge in [-0.1, -0.05) is 363 Å². The van der Waals surface area contributed by atoms with Crippen LogP contribution in [0.1, 0.15) is 386 Å². The average Bonchev–Trinajstić information content (AvgIpc) is 3.38. The lowest BCUT2D eigenvalue weighted by Gasteiger charge is -2.25. The molecule has 0 aromatic rings. The molecule has 1 N–H and O–H groups in total. The maximum atomic E-state index is 13.0. The molecule has 0 aliphatic heterocycles. The topological polar surface area (TPSA) is 108 Å². The van der Waals surface area contributed by atoms with Crippen molar-refractivity contribution in [2.45, 2.75) is 399 Å². The molecule has 542 valence electrons. The number of likely N-dealkylation sites (N-methyl/N-ethyl adjacent to an activating group) is 1. The van der Waals surface area contributed by atoms with Gasteiger partial charge in [0.25, 0.3) is 6.29 Å². The van der Waals surface area contributed by atoms with Crippen molar-refractivity contribution >= 4 is 17.9 Å². The van der Waals surface area contributed by atoms with E-state index in [0.717, 1.165) is 70.6 Å². The van der Waals surface area contributed by atoms with Crippen molar-refractivity contribution in [3.63, 3.8) is 0 Å². The molecule has 0 fully saturated rings. The Hall–Kier alpha value is -3.27. The van der Waals surface area contributed by atoms with E-state index >= 15 is 0 Å². The molecule has 2 atom stereocenters. The van der Waals surface area contributed by atoms with Gasteiger partial charge in [0.2, 0.25) is 0 Å². The molecule has 0 aliphatic rings. The third kappa shape index (κ3) is 76.0. The molecule has 0 radical (unpaired) electrons. The number of quaternary nitrogens is 1. The van der Waals surface area contributed by atoms with Crippen molar-refractivity contribution in [1.29, 1.82) is 0 Å². The van der Waals surface area contributed by atoms with Crippen LogP contribution in [0.3, 0.4) is 0 Å². The number of carbonyl (C=O) groups is 3. The van der Waals surface area contributed by atoms with E-state index in [1.165, 1.54) is 289 Å². The van der Waals surface area contributed by atoms with Crippen LogP contribution in [0.15, 0.2) is 72.9 Å². The standard InChI is InChI=1S/C84H153NO8/c1-6-8-10-12-14-16-18-20-22-24-26-28-30-32-34-35-36-37-38-39-40-41-42-43-44-45-46-47-49-50-52-54-56-58-60-62-64-66-68-70-72-74-81(86)91-78-80(79-92-84(83(88)89)90-77-76-85(3,4)5)93-82(87)75-73-71-69-67-65-63-61-59-57-55-53-51-48-33-31-29-27-25-23-21-19-17-15-13-11-9-7-2/h9,11,15,17-18,20-21,23-24,26-27,29,80,84H,6-8,10,12-14,16,19,22,25,28,30-79H2,1-5H3/p+1/b11-9-,17-15-,20-18-,23-21-,26-24-,29-27-. The minimum absolute atomic E-state index is 0.179. The highest BCUT2D eigenvalue weighted by atomic mass is 16.7. The normalized spacial score (nSPS) is 13.0. The summed E-state index contributed by atoms with van der Waals surface area (Å²) in [5.74, 6) is -1.98. The molecule has 0 aromatic carbocycles. The van der Waals surface area contributed by atoms with E-state index in [1.54, 1.807) is 0 Å². The predicted molar refractivity (Wildman–Crippen MR) is 401 cm³/mol. The Kier molecular flexibility index (Phi) is 71.9. The fraction of sp³-hybridized carbons (Fsp3) is 0.821. The van der Waals surface area contributed by atoms with Gasteiger partial charge in [-0.25, -0.2) is 4.79 Å². The number of hydrogen-bond donors (Lipinski definition) is 1. The second-order valence-electron chi connectivity index (χ2n) is 28.3. The number of hydrogen-bond acceptors (Lipinski definition) is 7. The van der Waals surface area contributed by atoms with Crippen LogP contribution in [-0.4, -0.2) is 87.4 Å². The number of aliphatic carboxylic acids is 1. The third-order valence-corrected chi connectivity index (χ3v) is 17.9. The molecule has 0 saturated carbocycles. The lowest BCUT2D eigenvalue weighted by atomic mass is 10.0. The van der Waals surface area contributed by atoms with Crippen molar-refractivity contribution in [3.8, 4) is 0 Å². The van der Waals surface area contributed by atoms with Crippen molar-refractivity contribution < 1.29 is 42.9 Å². The zero-order valence-corrected chi connectivity index (χ0v) is 62.2. The van der Waals surface area contributed by atoms with Gasteiger partial charge in [-0.2, -0.15) is 0 Å². The number of carboxylic acid groups (broad SMARTS) is 1. The van der Waals surface area contributed by atoms with Crippen LogP contribution in [0.2, 0.25) is 0 Å². The van der Waals surface area contributed by atoms with E-state index in [4.69, 9.17) is 18.9 Å². The number of nitrogens with zero attached hydrogens (tertiary/aromatic N) is 1. The Balaban J connectivity index is 3.94. The minimum Gasteiger partial charge on any atom is -0.477 e. The number of esters is 2. The molecule has 0 rings (SSSR count). The highest BCUT2D eigenvalue weighted by Crippen LogP contribution is 2.19. The molecule has 2 unspecified atom stereocenters. The Bertz CT molecular complexity index is 1760. The molecular weight excluding hydrogens is 1150 g/mol. The summed E-state index contributed by atoms with van der Waals surface area (Å²) in [7, 11) is 5.99. The van der Waals surface area contributed by atoms with Crippen LogP contribution in [-0.2, 0) is 33.3 Å². The van der Waals surface area contributed by atoms with Crippen molar-refractivity contribution in [1.82, 2.24) is 0 Å². The summed E-state index contributed by atoms with van der Waals surface area (Å²) in [6, 6.07) is 0. The van der Waals surface area contributed by atoms with E-state index in [9.17, 15) is 19.5 Å². The van der Waals surface area contributed by atoms with Crippen LogP contribution in [0, 0.1) is 0 Å². The summed E-state index contributed by atoms with van der Waals surface area (Å²) in [5.41, 5.74) is 0. The number of unbranched alkanes of at least 4 members (excludes halogenated alkanes) is 48. The number of rotatable bonds is 75. The molecule has 0 aromatic heterocycles. The van der Waals surface area contributed by atoms with Crippen LogP contribution in [0.4, 0.5) is 0 Å². The van der Waals surface area contributed by atoms with Gasteiger partial charge in [0, 0.05) is 12.8 Å². The maximum Gasteiger partial charge on any atom is 0.361 e. The van der Waals surface area contributed by atoms with Crippen LogP contribution in [0.25, 0.3) is 0 Å². The van der Waals surface area contributed by atoms with Gasteiger partial charge < -0.3 is 28.5 Å². The summed E-state index contributed by atoms with van der Waals surface area (Å²) in [6.07, 6.45) is 97.8. The highest BCUT2D eigenvalue weighted by molar-refractivity contribution is 5.71. The minimum atomic E-state index is -1.51. The van der Waals surface area contributed by atoms with Crippen molar-refractivity contribution in [3.05, 3.63) is 72.9 Å². The van der Waals surface area contributed by atoms with Crippen molar-refractivity contribution in [2.75, 3.05) is 47.5 Å². The number of ether oxygens (including phenoxy) is 4. The Labute approximate surface area is 577 Å². The number of carbonyl (C=O) groups excluding carboxylic acids is 2. The first-order valence-electron chi connectivity index (χ1n) is 40.1. The molecule has 0 saturated heterocycles. The molecular formula is C84H154NO8+. The molecule has 9 heteroatoms. The molecule has 93 heavy (non-hydrogen) atoms. The Morgan fingerprint density at radius 1 is 0.333 bits per heavy atom. The quantitative estimate of drug-likeness (QED) is 0.0211. The zero-order chi connectivity index (χ0) is 67.5. The molecule has 0 spiro atoms. The summed E-state index contributed by atoms with van der Waals surface area (Å²) < 4.78 is 23.0. The summed E-state index contributed by atoms with van der Waals surface area (Å²) in [4.78, 5) is 37.7. The van der Waals surface area contributed by atoms with E-state index in [0.29, 0.717) is 17.4 Å². The fourth-order valence-corrected chi connectivity index (χ4v) is 11.9. The van der Waals surface area contributed by atoms with E-state index in [2.05, 4.69) is 86.8 Å². The first-order valence-corrected chi connectivity index (χ1v) is 40.1. The molecule has 0 heterocycles. The molecule has 0 bridgehead atoms. The lowest BCUT2D eigenvalue weighted by Crippen LogP contribution is -2.40. The SMILES string of the molecule is CC/C=C\C/C=C\C/C=C\C/C=C\CCCCCCCCCCCCCCCCC(=O)OC(COC(=O)CCCCCCCCCCCCCCCCCCCCCCCCCCCCCCC/C=C\C/C=C\CCCCCCC)COC(OCC[N+](C)(C)C)C(=O)O. The van der Waals surface area contributed by atoms with E-state index < -0.39 is 18.4 Å². The summed E-state index contributed by atoms with van der Waals surface area (Å²) >= 11 is 0. The Morgan fingerprint density at radius 3 is 0.914 bits per heavy atom. The predicted octanol–water partition coefficient (Wildman–Crippen LogP) is 25.6. The van der Waals surface area contributed by atoms with Gasteiger partial charge in [-0.15, -0.1) is 0 Å². The van der Waals surface area contributed by atoms with Gasteiger partial charge in [0.05, 0.1) is 34.4 Å². The van der Waals surface area contributed by atoms with Crippen molar-refractivity contribution in [2.24, 2.45) is 0 Å². The van der Waals surface area contributed by atoms with Gasteiger partial charge in [-0.05, 0) is 83.5 Å². The Morgan fingerprint density at radius 2 is 0.613 bits per heavy atom. The zero-order valence-electron chi connectivity index (χ0n) is 62.2. The van der Waals surface area contributed by atoms with Gasteiger partial charge in [-0.3, -0.25) is 9.59 Å². The monoisotopic (exact) mass is 1310 g/mol. The average molecular weight is 1310 g/mol. The molecule has 0 amide bonds. The first kappa shape index (κ1) is 89.7.